The lowest BCUT2D eigenvalue weighted by molar-refractivity contribution is -0.139. The molecule has 5 rings (SSSR count). The number of fused-ring (bicyclic) bond motifs is 1. The van der Waals surface area contributed by atoms with Crippen LogP contribution in [-0.2, 0) is 14.3 Å². The Hall–Kier alpha value is -3.25. The van der Waals surface area contributed by atoms with Crippen molar-refractivity contribution in [1.29, 1.82) is 0 Å². The number of esters is 1. The summed E-state index contributed by atoms with van der Waals surface area (Å²) in [5.41, 5.74) is 4.22. The molecule has 2 heterocycles. The third-order valence-corrected chi connectivity index (χ3v) is 6.89. The summed E-state index contributed by atoms with van der Waals surface area (Å²) in [4.78, 5) is 26.9. The van der Waals surface area contributed by atoms with Crippen molar-refractivity contribution in [1.82, 2.24) is 5.32 Å². The van der Waals surface area contributed by atoms with Crippen LogP contribution >= 0.6 is 11.6 Å². The summed E-state index contributed by atoms with van der Waals surface area (Å²) < 4.78 is 16.6. The molecule has 34 heavy (non-hydrogen) atoms. The number of ketones is 1. The molecule has 0 aromatic heterocycles. The Kier molecular flexibility index (Phi) is 6.09. The predicted octanol–water partition coefficient (Wildman–Crippen LogP) is 5.38. The molecule has 0 fully saturated rings. The topological polar surface area (TPSA) is 73.9 Å². The predicted molar refractivity (Wildman–Crippen MR) is 128 cm³/mol. The lowest BCUT2D eigenvalue weighted by Gasteiger charge is -2.37. The lowest BCUT2D eigenvalue weighted by Crippen LogP contribution is -2.36. The Labute approximate surface area is 203 Å². The summed E-state index contributed by atoms with van der Waals surface area (Å²) in [5, 5.41) is 3.78. The number of carbonyl (C=O) groups is 2. The molecule has 2 aliphatic heterocycles. The molecule has 0 saturated carbocycles. The number of rotatable bonds is 5. The molecule has 3 aliphatic rings. The normalized spacial score (nSPS) is 21.3. The van der Waals surface area contributed by atoms with Gasteiger partial charge in [0.1, 0.15) is 0 Å². The zero-order chi connectivity index (χ0) is 23.8. The Bertz CT molecular complexity index is 1220. The third kappa shape index (κ3) is 3.96. The van der Waals surface area contributed by atoms with Crippen LogP contribution in [0.15, 0.2) is 65.0 Å². The number of carbonyl (C=O) groups excluding carboxylic acids is 2. The maximum atomic E-state index is 13.7. The van der Waals surface area contributed by atoms with Crippen molar-refractivity contribution in [2.45, 2.75) is 44.9 Å². The van der Waals surface area contributed by atoms with Crippen LogP contribution in [0.4, 0.5) is 0 Å². The first-order valence-electron chi connectivity index (χ1n) is 11.5. The van der Waals surface area contributed by atoms with E-state index >= 15 is 0 Å². The molecular formula is C27H26ClNO5. The maximum absolute atomic E-state index is 13.7. The Balaban J connectivity index is 1.62. The molecule has 2 aromatic rings. The summed E-state index contributed by atoms with van der Waals surface area (Å²) in [5.74, 6) is 0.0574. The van der Waals surface area contributed by atoms with Gasteiger partial charge in [-0.05, 0) is 42.9 Å². The second-order valence-corrected chi connectivity index (χ2v) is 9.20. The van der Waals surface area contributed by atoms with Gasteiger partial charge in [-0.3, -0.25) is 4.79 Å². The summed E-state index contributed by atoms with van der Waals surface area (Å²) in [6.07, 6.45) is 1.73. The van der Waals surface area contributed by atoms with E-state index in [-0.39, 0.29) is 18.5 Å². The molecule has 176 valence electrons. The average molecular weight is 480 g/mol. The number of benzene rings is 2. The van der Waals surface area contributed by atoms with Gasteiger partial charge in [0.2, 0.25) is 6.79 Å². The van der Waals surface area contributed by atoms with Crippen molar-refractivity contribution in [3.05, 3.63) is 81.2 Å². The Morgan fingerprint density at radius 3 is 2.62 bits per heavy atom. The van der Waals surface area contributed by atoms with E-state index in [0.29, 0.717) is 64.8 Å². The number of hydrogen-bond donors (Lipinski definition) is 1. The minimum Gasteiger partial charge on any atom is -0.462 e. The van der Waals surface area contributed by atoms with Crippen molar-refractivity contribution < 1.29 is 23.8 Å². The number of dihydropyridines is 1. The smallest absolute Gasteiger partial charge is 0.336 e. The number of halogens is 1. The van der Waals surface area contributed by atoms with E-state index in [1.54, 1.807) is 12.1 Å². The molecule has 7 heteroatoms. The van der Waals surface area contributed by atoms with Gasteiger partial charge in [-0.1, -0.05) is 48.9 Å². The van der Waals surface area contributed by atoms with Crippen LogP contribution < -0.4 is 14.8 Å². The molecule has 0 amide bonds. The standard InChI is InChI=1S/C27H26ClNO5/c1-3-9-32-27(31)24-15(2)29-20-10-17(16-7-5-4-6-8-16)11-21(30)26(20)25(24)18-12-22-23(13-19(18)28)34-14-33-22/h4-8,12-13,17,25,29H,3,9-11,14H2,1-2H3/t17-,25-/m0/s1. The second-order valence-electron chi connectivity index (χ2n) is 8.79. The van der Waals surface area contributed by atoms with Crippen molar-refractivity contribution >= 4 is 23.4 Å². The van der Waals surface area contributed by atoms with Gasteiger partial charge >= 0.3 is 5.97 Å². The van der Waals surface area contributed by atoms with Crippen molar-refractivity contribution in [3.8, 4) is 11.5 Å². The van der Waals surface area contributed by atoms with Gasteiger partial charge in [0.25, 0.3) is 0 Å². The molecule has 2 atom stereocenters. The fraction of sp³-hybridized carbons (Fsp3) is 0.333. The molecule has 0 bridgehead atoms. The monoisotopic (exact) mass is 479 g/mol. The van der Waals surface area contributed by atoms with Crippen LogP contribution in [0.25, 0.3) is 0 Å². The zero-order valence-corrected chi connectivity index (χ0v) is 19.9. The van der Waals surface area contributed by atoms with Crippen LogP contribution in [-0.4, -0.2) is 25.2 Å². The van der Waals surface area contributed by atoms with E-state index in [2.05, 4.69) is 17.4 Å². The molecule has 2 aromatic carbocycles. The van der Waals surface area contributed by atoms with Crippen molar-refractivity contribution in [2.75, 3.05) is 13.4 Å². The van der Waals surface area contributed by atoms with Gasteiger partial charge in [0, 0.05) is 40.4 Å². The van der Waals surface area contributed by atoms with E-state index in [1.807, 2.05) is 32.0 Å². The number of ether oxygens (including phenoxy) is 3. The minimum absolute atomic E-state index is 0.00497. The van der Waals surface area contributed by atoms with Crippen LogP contribution in [0.5, 0.6) is 11.5 Å². The first kappa shape index (κ1) is 22.5. The second kappa shape index (κ2) is 9.18. The highest BCUT2D eigenvalue weighted by molar-refractivity contribution is 6.32. The van der Waals surface area contributed by atoms with Crippen molar-refractivity contribution in [3.63, 3.8) is 0 Å². The minimum atomic E-state index is -0.646. The quantitative estimate of drug-likeness (QED) is 0.580. The zero-order valence-electron chi connectivity index (χ0n) is 19.2. The summed E-state index contributed by atoms with van der Waals surface area (Å²) >= 11 is 6.70. The molecular weight excluding hydrogens is 454 g/mol. The molecule has 1 N–H and O–H groups in total. The number of Topliss-reactive ketones (excluding diaryl/α,β-unsaturated/α-hetero) is 1. The van der Waals surface area contributed by atoms with Crippen LogP contribution in [0.3, 0.4) is 0 Å². The van der Waals surface area contributed by atoms with Gasteiger partial charge in [0.05, 0.1) is 12.2 Å². The first-order chi connectivity index (χ1) is 16.5. The van der Waals surface area contributed by atoms with Crippen molar-refractivity contribution in [2.24, 2.45) is 0 Å². The average Bonchev–Trinajstić information content (AvgIpc) is 3.28. The Morgan fingerprint density at radius 1 is 1.15 bits per heavy atom. The molecule has 0 spiro atoms. The van der Waals surface area contributed by atoms with Crippen LogP contribution in [0.1, 0.15) is 56.1 Å². The molecule has 0 radical (unpaired) electrons. The van der Waals surface area contributed by atoms with Gasteiger partial charge in [-0.25, -0.2) is 4.79 Å². The fourth-order valence-electron chi connectivity index (χ4n) is 5.01. The van der Waals surface area contributed by atoms with E-state index in [9.17, 15) is 9.59 Å². The lowest BCUT2D eigenvalue weighted by atomic mass is 9.71. The summed E-state index contributed by atoms with van der Waals surface area (Å²) in [7, 11) is 0. The van der Waals surface area contributed by atoms with Gasteiger partial charge in [0.15, 0.2) is 17.3 Å². The molecule has 0 unspecified atom stereocenters. The highest BCUT2D eigenvalue weighted by Gasteiger charge is 2.42. The van der Waals surface area contributed by atoms with Gasteiger partial charge < -0.3 is 19.5 Å². The molecule has 6 nitrogen and oxygen atoms in total. The van der Waals surface area contributed by atoms with Gasteiger partial charge in [-0.2, -0.15) is 0 Å². The molecule has 0 saturated heterocycles. The SMILES string of the molecule is CCCOC(=O)C1=C(C)NC2=C(C(=O)C[C@@H](c3ccccc3)C2)[C@H]1c1cc2c(cc1Cl)OCO2. The van der Waals surface area contributed by atoms with Gasteiger partial charge in [-0.15, -0.1) is 0 Å². The summed E-state index contributed by atoms with van der Waals surface area (Å²) in [6.45, 7) is 4.19. The summed E-state index contributed by atoms with van der Waals surface area (Å²) in [6, 6.07) is 13.5. The number of nitrogens with one attached hydrogen (secondary N) is 1. The van der Waals surface area contributed by atoms with E-state index in [1.165, 1.54) is 0 Å². The maximum Gasteiger partial charge on any atom is 0.336 e. The van der Waals surface area contributed by atoms with Crippen LogP contribution in [0.2, 0.25) is 5.02 Å². The highest BCUT2D eigenvalue weighted by atomic mass is 35.5. The molecule has 1 aliphatic carbocycles. The van der Waals surface area contributed by atoms with E-state index in [4.69, 9.17) is 25.8 Å². The van der Waals surface area contributed by atoms with E-state index in [0.717, 1.165) is 11.3 Å². The third-order valence-electron chi connectivity index (χ3n) is 6.56. The Morgan fingerprint density at radius 2 is 1.88 bits per heavy atom. The van der Waals surface area contributed by atoms with E-state index < -0.39 is 11.9 Å². The highest BCUT2D eigenvalue weighted by Crippen LogP contribution is 2.49. The fourth-order valence-corrected chi connectivity index (χ4v) is 5.27. The number of allylic oxidation sites excluding steroid dienone is 3. The first-order valence-corrected chi connectivity index (χ1v) is 11.9. The largest absolute Gasteiger partial charge is 0.462 e. The number of hydrogen-bond acceptors (Lipinski definition) is 6. The van der Waals surface area contributed by atoms with Crippen LogP contribution in [0, 0.1) is 0 Å².